The Balaban J connectivity index is 1.94. The Morgan fingerprint density at radius 1 is 1.40 bits per heavy atom. The van der Waals surface area contributed by atoms with E-state index in [1.807, 2.05) is 13.8 Å². The van der Waals surface area contributed by atoms with Gasteiger partial charge in [0.05, 0.1) is 11.3 Å². The lowest BCUT2D eigenvalue weighted by Crippen LogP contribution is -2.40. The van der Waals surface area contributed by atoms with E-state index in [9.17, 15) is 14.7 Å². The van der Waals surface area contributed by atoms with Crippen LogP contribution < -0.4 is 5.56 Å². The number of amides is 1. The number of nitrogens with one attached hydrogen (secondary N) is 1. The van der Waals surface area contributed by atoms with E-state index in [-0.39, 0.29) is 16.9 Å². The Hall–Kier alpha value is -1.69. The van der Waals surface area contributed by atoms with Gasteiger partial charge in [-0.15, -0.1) is 0 Å². The van der Waals surface area contributed by atoms with Gasteiger partial charge in [0, 0.05) is 37.4 Å². The van der Waals surface area contributed by atoms with Crippen molar-refractivity contribution in [3.05, 3.63) is 28.2 Å². The maximum Gasteiger partial charge on any atom is 0.264 e. The van der Waals surface area contributed by atoms with E-state index in [1.54, 1.807) is 17.9 Å². The molecular weight excluding hydrogens is 258 g/mol. The predicted molar refractivity (Wildman–Crippen MR) is 74.2 cm³/mol. The summed E-state index contributed by atoms with van der Waals surface area (Å²) in [7, 11) is 0. The number of β-amino-alcohol motifs (C(OH)–C–C–N with tert-alkyl or cyclic N) is 1. The van der Waals surface area contributed by atoms with Crippen molar-refractivity contribution in [2.75, 3.05) is 13.1 Å². The molecular formula is C14H21N3O3. The quantitative estimate of drug-likeness (QED) is 0.834. The summed E-state index contributed by atoms with van der Waals surface area (Å²) in [6.45, 7) is 6.60. The van der Waals surface area contributed by atoms with Crippen molar-refractivity contribution in [2.24, 2.45) is 5.41 Å². The molecule has 1 aliphatic heterocycles. The van der Waals surface area contributed by atoms with Crippen molar-refractivity contribution in [1.29, 1.82) is 0 Å². The second-order valence-electron chi connectivity index (χ2n) is 6.32. The number of carbonyl (C=O) groups excluding carboxylic acids is 1. The van der Waals surface area contributed by atoms with Crippen LogP contribution in [0.2, 0.25) is 0 Å². The number of carbonyl (C=O) groups is 1. The minimum absolute atomic E-state index is 0.00356. The van der Waals surface area contributed by atoms with Gasteiger partial charge >= 0.3 is 0 Å². The molecule has 1 fully saturated rings. The summed E-state index contributed by atoms with van der Waals surface area (Å²) in [6.07, 6.45) is 0.805. The fourth-order valence-electron chi connectivity index (χ4n) is 2.37. The summed E-state index contributed by atoms with van der Waals surface area (Å²) in [6, 6.07) is 3.02. The molecule has 0 radical (unpaired) electrons. The van der Waals surface area contributed by atoms with Crippen molar-refractivity contribution < 1.29 is 9.90 Å². The topological polar surface area (TPSA) is 86.3 Å². The lowest BCUT2D eigenvalue weighted by Gasteiger charge is -2.30. The first-order valence-corrected chi connectivity index (χ1v) is 6.76. The average molecular weight is 279 g/mol. The van der Waals surface area contributed by atoms with Crippen molar-refractivity contribution >= 4 is 5.91 Å². The zero-order valence-electron chi connectivity index (χ0n) is 12.1. The van der Waals surface area contributed by atoms with Gasteiger partial charge in [-0.25, -0.2) is 5.10 Å². The molecule has 0 spiro atoms. The second kappa shape index (κ2) is 5.01. The standard InChI is InChI=1S/C14H21N3O3/c1-13(2)8-17(9-14(13,3)20)12(19)7-5-10-4-6-11(18)16-15-10/h4,6,20H,5,7-9H2,1-3H3,(H,16,18). The molecule has 6 nitrogen and oxygen atoms in total. The number of hydrogen-bond donors (Lipinski definition) is 2. The molecule has 1 aromatic rings. The van der Waals surface area contributed by atoms with Crippen LogP contribution in [0.3, 0.4) is 0 Å². The molecule has 2 N–H and O–H groups in total. The first-order chi connectivity index (χ1) is 9.21. The van der Waals surface area contributed by atoms with E-state index in [1.165, 1.54) is 6.07 Å². The van der Waals surface area contributed by atoms with Crippen LogP contribution in [-0.4, -0.2) is 44.8 Å². The lowest BCUT2D eigenvalue weighted by atomic mass is 9.79. The largest absolute Gasteiger partial charge is 0.388 e. The van der Waals surface area contributed by atoms with E-state index in [2.05, 4.69) is 10.2 Å². The maximum absolute atomic E-state index is 12.2. The van der Waals surface area contributed by atoms with Crippen LogP contribution in [0.25, 0.3) is 0 Å². The highest BCUT2D eigenvalue weighted by molar-refractivity contribution is 5.77. The van der Waals surface area contributed by atoms with Crippen LogP contribution in [-0.2, 0) is 11.2 Å². The van der Waals surface area contributed by atoms with Crippen LogP contribution >= 0.6 is 0 Å². The number of rotatable bonds is 3. The highest BCUT2D eigenvalue weighted by Gasteiger charge is 2.48. The molecule has 110 valence electrons. The molecule has 1 aliphatic rings. The van der Waals surface area contributed by atoms with Crippen molar-refractivity contribution in [3.63, 3.8) is 0 Å². The Kier molecular flexibility index (Phi) is 3.69. The number of aliphatic hydroxyl groups is 1. The van der Waals surface area contributed by atoms with Gasteiger partial charge in [-0.2, -0.15) is 5.10 Å². The molecule has 0 aliphatic carbocycles. The highest BCUT2D eigenvalue weighted by atomic mass is 16.3. The predicted octanol–water partition coefficient (Wildman–Crippen LogP) is 0.322. The zero-order chi connectivity index (χ0) is 15.0. The molecule has 20 heavy (non-hydrogen) atoms. The molecule has 1 saturated heterocycles. The Bertz CT molecular complexity index is 527. The molecule has 1 amide bonds. The fraction of sp³-hybridized carbons (Fsp3) is 0.643. The molecule has 2 heterocycles. The molecule has 1 unspecified atom stereocenters. The van der Waals surface area contributed by atoms with Crippen LogP contribution in [0.1, 0.15) is 32.9 Å². The number of likely N-dealkylation sites (tertiary alicyclic amines) is 1. The van der Waals surface area contributed by atoms with Crippen LogP contribution in [0.4, 0.5) is 0 Å². The van der Waals surface area contributed by atoms with Crippen LogP contribution in [0.5, 0.6) is 0 Å². The van der Waals surface area contributed by atoms with Crippen molar-refractivity contribution in [3.8, 4) is 0 Å². The van der Waals surface area contributed by atoms with Gasteiger partial charge < -0.3 is 10.0 Å². The molecule has 0 aromatic carbocycles. The third-order valence-corrected chi connectivity index (χ3v) is 4.23. The average Bonchev–Trinajstić information content (AvgIpc) is 2.57. The smallest absolute Gasteiger partial charge is 0.264 e. The molecule has 1 atom stereocenters. The lowest BCUT2D eigenvalue weighted by molar-refractivity contribution is -0.131. The van der Waals surface area contributed by atoms with E-state index in [0.29, 0.717) is 31.6 Å². The Morgan fingerprint density at radius 3 is 2.60 bits per heavy atom. The number of H-pyrrole nitrogens is 1. The number of aromatic amines is 1. The summed E-state index contributed by atoms with van der Waals surface area (Å²) in [5.41, 5.74) is -0.738. The summed E-state index contributed by atoms with van der Waals surface area (Å²) in [4.78, 5) is 24.8. The van der Waals surface area contributed by atoms with Gasteiger partial charge in [-0.1, -0.05) is 13.8 Å². The van der Waals surface area contributed by atoms with E-state index in [4.69, 9.17) is 0 Å². The van der Waals surface area contributed by atoms with Crippen LogP contribution in [0.15, 0.2) is 16.9 Å². The summed E-state index contributed by atoms with van der Waals surface area (Å²) >= 11 is 0. The van der Waals surface area contributed by atoms with Gasteiger partial charge in [0.1, 0.15) is 0 Å². The van der Waals surface area contributed by atoms with E-state index >= 15 is 0 Å². The minimum Gasteiger partial charge on any atom is -0.388 e. The normalized spacial score (nSPS) is 24.9. The SMILES string of the molecule is CC1(C)CN(C(=O)CCc2ccc(=O)[nH]n2)CC1(C)O. The van der Waals surface area contributed by atoms with Crippen molar-refractivity contribution in [2.45, 2.75) is 39.2 Å². The Labute approximate surface area is 117 Å². The Morgan fingerprint density at radius 2 is 2.10 bits per heavy atom. The van der Waals surface area contributed by atoms with Gasteiger partial charge in [-0.3, -0.25) is 9.59 Å². The molecule has 0 saturated carbocycles. The van der Waals surface area contributed by atoms with Crippen LogP contribution in [0, 0.1) is 5.41 Å². The molecule has 6 heteroatoms. The van der Waals surface area contributed by atoms with Gasteiger partial charge in [0.2, 0.25) is 5.91 Å². The summed E-state index contributed by atoms with van der Waals surface area (Å²) < 4.78 is 0. The third kappa shape index (κ3) is 2.90. The minimum atomic E-state index is -0.862. The molecule has 2 rings (SSSR count). The fourth-order valence-corrected chi connectivity index (χ4v) is 2.37. The number of aryl methyl sites for hydroxylation is 1. The van der Waals surface area contributed by atoms with Crippen molar-refractivity contribution in [1.82, 2.24) is 15.1 Å². The van der Waals surface area contributed by atoms with Gasteiger partial charge in [0.15, 0.2) is 0 Å². The van der Waals surface area contributed by atoms with E-state index in [0.717, 1.165) is 0 Å². The summed E-state index contributed by atoms with van der Waals surface area (Å²) in [5.74, 6) is 0.00356. The first-order valence-electron chi connectivity index (χ1n) is 6.76. The highest BCUT2D eigenvalue weighted by Crippen LogP contribution is 2.38. The monoisotopic (exact) mass is 279 g/mol. The van der Waals surface area contributed by atoms with Gasteiger partial charge in [0.25, 0.3) is 5.56 Å². The number of hydrogen-bond acceptors (Lipinski definition) is 4. The first kappa shape index (κ1) is 14.7. The number of nitrogens with zero attached hydrogens (tertiary/aromatic N) is 2. The molecule has 0 bridgehead atoms. The summed E-state index contributed by atoms with van der Waals surface area (Å²) in [5, 5.41) is 16.5. The second-order valence-corrected chi connectivity index (χ2v) is 6.32. The molecule has 1 aromatic heterocycles. The zero-order valence-corrected chi connectivity index (χ0v) is 12.1. The van der Waals surface area contributed by atoms with E-state index < -0.39 is 5.60 Å². The third-order valence-electron chi connectivity index (χ3n) is 4.23. The van der Waals surface area contributed by atoms with Gasteiger partial charge in [-0.05, 0) is 13.0 Å². The number of aromatic nitrogens is 2. The maximum atomic E-state index is 12.2.